The molecule has 0 atom stereocenters. The molecule has 2 aromatic rings. The predicted molar refractivity (Wildman–Crippen MR) is 70.8 cm³/mol. The van der Waals surface area contributed by atoms with Crippen molar-refractivity contribution >= 4 is 0 Å². The maximum atomic E-state index is 9.78. The maximum Gasteiger partial charge on any atom is 0.234 e. The van der Waals surface area contributed by atoms with Crippen molar-refractivity contribution in [2.24, 2.45) is 5.73 Å². The van der Waals surface area contributed by atoms with E-state index in [1.807, 2.05) is 26.0 Å². The molecule has 0 spiro atoms. The predicted octanol–water partition coefficient (Wildman–Crippen LogP) is 2.05. The van der Waals surface area contributed by atoms with Crippen LogP contribution in [0.1, 0.15) is 29.9 Å². The van der Waals surface area contributed by atoms with Crippen LogP contribution < -0.4 is 5.73 Å². The van der Waals surface area contributed by atoms with Crippen LogP contribution in [-0.4, -0.2) is 21.8 Å². The van der Waals surface area contributed by atoms with Crippen LogP contribution in [0.15, 0.2) is 16.7 Å². The van der Waals surface area contributed by atoms with Crippen molar-refractivity contribution in [3.63, 3.8) is 0 Å². The third kappa shape index (κ3) is 1.90. The Labute approximate surface area is 111 Å². The third-order valence-electron chi connectivity index (χ3n) is 3.87. The lowest BCUT2D eigenvalue weighted by Gasteiger charge is -2.05. The zero-order valence-electron chi connectivity index (χ0n) is 11.1. The molecule has 3 N–H and O–H groups in total. The van der Waals surface area contributed by atoms with Gasteiger partial charge in [-0.3, -0.25) is 0 Å². The average molecular weight is 259 g/mol. The summed E-state index contributed by atoms with van der Waals surface area (Å²) >= 11 is 0. The zero-order valence-corrected chi connectivity index (χ0v) is 11.1. The Morgan fingerprint density at radius 2 is 1.95 bits per heavy atom. The highest BCUT2D eigenvalue weighted by Crippen LogP contribution is 2.46. The van der Waals surface area contributed by atoms with Crippen LogP contribution in [0, 0.1) is 13.8 Å². The van der Waals surface area contributed by atoms with Crippen LogP contribution in [0.3, 0.4) is 0 Å². The lowest BCUT2D eigenvalue weighted by molar-refractivity contribution is 0.347. The zero-order chi connectivity index (χ0) is 13.6. The topological polar surface area (TPSA) is 85.2 Å². The van der Waals surface area contributed by atoms with Gasteiger partial charge in [0.05, 0.1) is 5.41 Å². The fourth-order valence-electron chi connectivity index (χ4n) is 2.30. The highest BCUT2D eigenvalue weighted by Gasteiger charge is 2.48. The number of hydrogen-bond donors (Lipinski definition) is 2. The summed E-state index contributed by atoms with van der Waals surface area (Å²) in [7, 11) is 0. The van der Waals surface area contributed by atoms with Gasteiger partial charge in [0.15, 0.2) is 0 Å². The Morgan fingerprint density at radius 3 is 2.47 bits per heavy atom. The normalized spacial score (nSPS) is 16.6. The van der Waals surface area contributed by atoms with E-state index in [4.69, 9.17) is 10.3 Å². The van der Waals surface area contributed by atoms with Gasteiger partial charge in [-0.15, -0.1) is 0 Å². The molecule has 0 aliphatic heterocycles. The summed E-state index contributed by atoms with van der Waals surface area (Å²) in [6, 6.07) is 3.72. The van der Waals surface area contributed by atoms with Crippen molar-refractivity contribution in [2.45, 2.75) is 32.1 Å². The van der Waals surface area contributed by atoms with Gasteiger partial charge < -0.3 is 15.4 Å². The number of aromatic hydroxyl groups is 1. The molecule has 0 amide bonds. The van der Waals surface area contributed by atoms with E-state index in [1.165, 1.54) is 0 Å². The second-order valence-electron chi connectivity index (χ2n) is 5.37. The molecule has 3 rings (SSSR count). The molecule has 0 unspecified atom stereocenters. The molecule has 0 radical (unpaired) electrons. The average Bonchev–Trinajstić information content (AvgIpc) is 3.04. The van der Waals surface area contributed by atoms with Gasteiger partial charge in [0.2, 0.25) is 11.7 Å². The molecular weight excluding hydrogens is 242 g/mol. The summed E-state index contributed by atoms with van der Waals surface area (Å²) in [4.78, 5) is 4.46. The van der Waals surface area contributed by atoms with Gasteiger partial charge >= 0.3 is 0 Å². The van der Waals surface area contributed by atoms with E-state index < -0.39 is 0 Å². The van der Waals surface area contributed by atoms with Crippen molar-refractivity contribution in [1.29, 1.82) is 0 Å². The summed E-state index contributed by atoms with van der Waals surface area (Å²) in [5.74, 6) is 1.50. The number of phenolic OH excluding ortho intramolecular Hbond substituents is 1. The van der Waals surface area contributed by atoms with E-state index in [2.05, 4.69) is 10.1 Å². The number of nitrogens with two attached hydrogens (primary N) is 1. The number of hydrogen-bond acceptors (Lipinski definition) is 5. The minimum atomic E-state index is -0.0910. The van der Waals surface area contributed by atoms with Crippen LogP contribution in [0.4, 0.5) is 0 Å². The first-order valence-electron chi connectivity index (χ1n) is 6.40. The summed E-state index contributed by atoms with van der Waals surface area (Å²) in [5.41, 5.74) is 8.14. The Balaban J connectivity index is 1.99. The molecule has 100 valence electrons. The number of nitrogens with zero attached hydrogens (tertiary/aromatic N) is 2. The minimum absolute atomic E-state index is 0.0910. The van der Waals surface area contributed by atoms with Crippen molar-refractivity contribution in [3.05, 3.63) is 29.2 Å². The van der Waals surface area contributed by atoms with Crippen molar-refractivity contribution < 1.29 is 9.63 Å². The molecule has 1 aromatic heterocycles. The molecule has 0 bridgehead atoms. The third-order valence-corrected chi connectivity index (χ3v) is 3.87. The largest absolute Gasteiger partial charge is 0.507 e. The first-order valence-corrected chi connectivity index (χ1v) is 6.40. The van der Waals surface area contributed by atoms with Crippen molar-refractivity contribution in [2.75, 3.05) is 6.54 Å². The van der Waals surface area contributed by atoms with Crippen LogP contribution in [-0.2, 0) is 5.41 Å². The van der Waals surface area contributed by atoms with E-state index in [0.29, 0.717) is 24.0 Å². The molecular formula is C14H17N3O2. The number of phenols is 1. The molecule has 0 saturated heterocycles. The van der Waals surface area contributed by atoms with Gasteiger partial charge in [-0.25, -0.2) is 0 Å². The van der Waals surface area contributed by atoms with Crippen molar-refractivity contribution in [1.82, 2.24) is 10.1 Å². The van der Waals surface area contributed by atoms with E-state index in [0.717, 1.165) is 29.5 Å². The fraction of sp³-hybridized carbons (Fsp3) is 0.429. The molecule has 19 heavy (non-hydrogen) atoms. The van der Waals surface area contributed by atoms with Gasteiger partial charge in [-0.05, 0) is 49.9 Å². The SMILES string of the molecule is Cc1cc(-c2noc(C3(CN)CC3)n2)cc(C)c1O. The second-order valence-corrected chi connectivity index (χ2v) is 5.37. The Kier molecular flexibility index (Phi) is 2.60. The van der Waals surface area contributed by atoms with Crippen molar-refractivity contribution in [3.8, 4) is 17.1 Å². The van der Waals surface area contributed by atoms with Gasteiger partial charge in [-0.2, -0.15) is 4.98 Å². The smallest absolute Gasteiger partial charge is 0.234 e. The van der Waals surface area contributed by atoms with E-state index in [1.54, 1.807) is 0 Å². The van der Waals surface area contributed by atoms with E-state index in [-0.39, 0.29) is 5.41 Å². The van der Waals surface area contributed by atoms with Gasteiger partial charge in [0.1, 0.15) is 5.75 Å². The lowest BCUT2D eigenvalue weighted by Crippen LogP contribution is -2.19. The quantitative estimate of drug-likeness (QED) is 0.881. The summed E-state index contributed by atoms with van der Waals surface area (Å²) < 4.78 is 5.34. The standard InChI is InChI=1S/C14H17N3O2/c1-8-5-10(6-9(2)11(8)18)12-16-13(19-17-12)14(7-15)3-4-14/h5-6,18H,3-4,7,15H2,1-2H3. The van der Waals surface area contributed by atoms with E-state index >= 15 is 0 Å². The fourth-order valence-corrected chi connectivity index (χ4v) is 2.30. The monoisotopic (exact) mass is 259 g/mol. The summed E-state index contributed by atoms with van der Waals surface area (Å²) in [5, 5.41) is 13.8. The van der Waals surface area contributed by atoms with Crippen LogP contribution in [0.2, 0.25) is 0 Å². The van der Waals surface area contributed by atoms with Crippen LogP contribution in [0.25, 0.3) is 11.4 Å². The number of aryl methyl sites for hydroxylation is 2. The number of aromatic nitrogens is 2. The molecule has 1 aliphatic rings. The number of rotatable bonds is 3. The highest BCUT2D eigenvalue weighted by atomic mass is 16.5. The molecule has 5 heteroatoms. The molecule has 1 fully saturated rings. The van der Waals surface area contributed by atoms with Gasteiger partial charge in [-0.1, -0.05) is 5.16 Å². The van der Waals surface area contributed by atoms with Crippen LogP contribution in [0.5, 0.6) is 5.75 Å². The molecule has 1 heterocycles. The first kappa shape index (κ1) is 12.2. The Morgan fingerprint density at radius 1 is 1.32 bits per heavy atom. The van der Waals surface area contributed by atoms with E-state index in [9.17, 15) is 5.11 Å². The maximum absolute atomic E-state index is 9.78. The number of benzene rings is 1. The molecule has 1 aliphatic carbocycles. The second kappa shape index (κ2) is 4.06. The van der Waals surface area contributed by atoms with Gasteiger partial charge in [0, 0.05) is 12.1 Å². The molecule has 1 aromatic carbocycles. The molecule has 5 nitrogen and oxygen atoms in total. The summed E-state index contributed by atoms with van der Waals surface area (Å²) in [6.45, 7) is 4.26. The first-order chi connectivity index (χ1) is 9.05. The summed E-state index contributed by atoms with van der Waals surface area (Å²) in [6.07, 6.45) is 2.03. The lowest BCUT2D eigenvalue weighted by atomic mass is 10.1. The highest BCUT2D eigenvalue weighted by molar-refractivity contribution is 5.60. The Bertz CT molecular complexity index is 606. The van der Waals surface area contributed by atoms with Gasteiger partial charge in [0.25, 0.3) is 0 Å². The molecule has 1 saturated carbocycles. The van der Waals surface area contributed by atoms with Crippen LogP contribution >= 0.6 is 0 Å². The Hall–Kier alpha value is -1.88. The minimum Gasteiger partial charge on any atom is -0.507 e.